The maximum Gasteiger partial charge on any atom is 0.142 e. The maximum absolute atomic E-state index is 5.86. The normalized spacial score (nSPS) is 10.7. The SMILES string of the molecule is COc1cccc2c1ccn2CCOc1ccccc1N. The zero-order valence-corrected chi connectivity index (χ0v) is 12.0. The number of rotatable bonds is 5. The van der Waals surface area contributed by atoms with Gasteiger partial charge in [-0.3, -0.25) is 0 Å². The highest BCUT2D eigenvalue weighted by molar-refractivity contribution is 5.86. The number of para-hydroxylation sites is 2. The number of benzene rings is 2. The number of ether oxygens (including phenoxy) is 2. The van der Waals surface area contributed by atoms with Gasteiger partial charge >= 0.3 is 0 Å². The van der Waals surface area contributed by atoms with E-state index in [1.807, 2.05) is 42.6 Å². The molecule has 21 heavy (non-hydrogen) atoms. The van der Waals surface area contributed by atoms with E-state index in [9.17, 15) is 0 Å². The molecule has 1 heterocycles. The van der Waals surface area contributed by atoms with Gasteiger partial charge in [0.2, 0.25) is 0 Å². The first-order valence-corrected chi connectivity index (χ1v) is 6.89. The van der Waals surface area contributed by atoms with Gasteiger partial charge in [-0.05, 0) is 30.3 Å². The number of aromatic nitrogens is 1. The second-order valence-corrected chi connectivity index (χ2v) is 4.79. The van der Waals surface area contributed by atoms with E-state index < -0.39 is 0 Å². The van der Waals surface area contributed by atoms with E-state index in [1.54, 1.807) is 7.11 Å². The monoisotopic (exact) mass is 282 g/mol. The highest BCUT2D eigenvalue weighted by Crippen LogP contribution is 2.26. The molecule has 4 nitrogen and oxygen atoms in total. The van der Waals surface area contributed by atoms with Crippen molar-refractivity contribution < 1.29 is 9.47 Å². The quantitative estimate of drug-likeness (QED) is 0.730. The summed E-state index contributed by atoms with van der Waals surface area (Å²) >= 11 is 0. The molecule has 0 fully saturated rings. The van der Waals surface area contributed by atoms with Gasteiger partial charge in [-0.25, -0.2) is 0 Å². The van der Waals surface area contributed by atoms with Crippen molar-refractivity contribution in [3.05, 3.63) is 54.7 Å². The molecule has 0 aliphatic heterocycles. The molecule has 0 bridgehead atoms. The molecule has 0 atom stereocenters. The first-order chi connectivity index (χ1) is 10.3. The molecule has 108 valence electrons. The van der Waals surface area contributed by atoms with Gasteiger partial charge in [0.15, 0.2) is 0 Å². The lowest BCUT2D eigenvalue weighted by Crippen LogP contribution is -2.08. The first-order valence-electron chi connectivity index (χ1n) is 6.89. The number of nitrogens with zero attached hydrogens (tertiary/aromatic N) is 1. The summed E-state index contributed by atoms with van der Waals surface area (Å²) in [6.07, 6.45) is 2.05. The molecule has 3 rings (SSSR count). The van der Waals surface area contributed by atoms with Crippen LogP contribution in [0.2, 0.25) is 0 Å². The van der Waals surface area contributed by atoms with E-state index in [0.29, 0.717) is 12.3 Å². The average molecular weight is 282 g/mol. The summed E-state index contributed by atoms with van der Waals surface area (Å²) in [6, 6.07) is 15.6. The molecule has 3 aromatic rings. The molecule has 1 aromatic heterocycles. The number of hydrogen-bond donors (Lipinski definition) is 1. The molecular weight excluding hydrogens is 264 g/mol. The Morgan fingerprint density at radius 3 is 2.62 bits per heavy atom. The van der Waals surface area contributed by atoms with E-state index in [-0.39, 0.29) is 0 Å². The Balaban J connectivity index is 1.73. The van der Waals surface area contributed by atoms with E-state index >= 15 is 0 Å². The molecule has 0 saturated heterocycles. The smallest absolute Gasteiger partial charge is 0.142 e. The average Bonchev–Trinajstić information content (AvgIpc) is 2.92. The van der Waals surface area contributed by atoms with Gasteiger partial charge in [-0.2, -0.15) is 0 Å². The molecule has 2 N–H and O–H groups in total. The summed E-state index contributed by atoms with van der Waals surface area (Å²) in [5.41, 5.74) is 7.66. The molecule has 0 aliphatic carbocycles. The zero-order chi connectivity index (χ0) is 14.7. The van der Waals surface area contributed by atoms with Gasteiger partial charge in [0.25, 0.3) is 0 Å². The van der Waals surface area contributed by atoms with Gasteiger partial charge in [-0.1, -0.05) is 18.2 Å². The van der Waals surface area contributed by atoms with Crippen molar-refractivity contribution >= 4 is 16.6 Å². The summed E-state index contributed by atoms with van der Waals surface area (Å²) in [6.45, 7) is 1.32. The predicted octanol–water partition coefficient (Wildman–Crippen LogP) is 3.31. The lowest BCUT2D eigenvalue weighted by Gasteiger charge is -2.10. The number of anilines is 1. The standard InChI is InChI=1S/C17H18N2O2/c1-20-16-8-4-6-15-13(16)9-10-19(15)11-12-21-17-7-3-2-5-14(17)18/h2-10H,11-12,18H2,1H3. The third-order valence-corrected chi connectivity index (χ3v) is 3.50. The number of nitrogen functional groups attached to an aromatic ring is 1. The Bertz CT molecular complexity index is 749. The highest BCUT2D eigenvalue weighted by Gasteiger charge is 2.06. The van der Waals surface area contributed by atoms with E-state index in [1.165, 1.54) is 0 Å². The van der Waals surface area contributed by atoms with Crippen molar-refractivity contribution in [2.75, 3.05) is 19.5 Å². The minimum absolute atomic E-state index is 0.565. The Morgan fingerprint density at radius 1 is 1.00 bits per heavy atom. The lowest BCUT2D eigenvalue weighted by molar-refractivity contribution is 0.302. The third-order valence-electron chi connectivity index (χ3n) is 3.50. The topological polar surface area (TPSA) is 49.4 Å². The fourth-order valence-electron chi connectivity index (χ4n) is 2.43. The molecule has 0 saturated carbocycles. The van der Waals surface area contributed by atoms with Gasteiger partial charge in [-0.15, -0.1) is 0 Å². The number of fused-ring (bicyclic) bond motifs is 1. The number of methoxy groups -OCH3 is 1. The summed E-state index contributed by atoms with van der Waals surface area (Å²) in [7, 11) is 1.69. The molecule has 2 aromatic carbocycles. The van der Waals surface area contributed by atoms with E-state index in [4.69, 9.17) is 15.2 Å². The summed E-state index contributed by atoms with van der Waals surface area (Å²) in [5, 5.41) is 1.11. The van der Waals surface area contributed by atoms with Crippen LogP contribution < -0.4 is 15.2 Å². The van der Waals surface area contributed by atoms with Crippen molar-refractivity contribution in [2.45, 2.75) is 6.54 Å². The second-order valence-electron chi connectivity index (χ2n) is 4.79. The molecule has 0 amide bonds. The Kier molecular flexibility index (Phi) is 3.69. The van der Waals surface area contributed by atoms with Crippen molar-refractivity contribution in [1.82, 2.24) is 4.57 Å². The highest BCUT2D eigenvalue weighted by atomic mass is 16.5. The maximum atomic E-state index is 5.86. The number of nitrogens with two attached hydrogens (primary N) is 1. The predicted molar refractivity (Wildman–Crippen MR) is 84.8 cm³/mol. The van der Waals surface area contributed by atoms with Crippen molar-refractivity contribution in [1.29, 1.82) is 0 Å². The van der Waals surface area contributed by atoms with Crippen LogP contribution in [-0.2, 0) is 6.54 Å². The minimum Gasteiger partial charge on any atom is -0.496 e. The van der Waals surface area contributed by atoms with Gasteiger partial charge in [0.05, 0.1) is 24.9 Å². The lowest BCUT2D eigenvalue weighted by atomic mass is 10.2. The third kappa shape index (κ3) is 2.65. The minimum atomic E-state index is 0.565. The van der Waals surface area contributed by atoms with Gasteiger partial charge in [0.1, 0.15) is 18.1 Å². The Morgan fingerprint density at radius 2 is 1.81 bits per heavy atom. The van der Waals surface area contributed by atoms with Crippen LogP contribution in [0.3, 0.4) is 0 Å². The Hall–Kier alpha value is -2.62. The molecule has 0 aliphatic rings. The van der Waals surface area contributed by atoms with Crippen LogP contribution in [0.15, 0.2) is 54.7 Å². The summed E-state index contributed by atoms with van der Waals surface area (Å²) < 4.78 is 13.3. The van der Waals surface area contributed by atoms with Crippen LogP contribution in [0.4, 0.5) is 5.69 Å². The van der Waals surface area contributed by atoms with Crippen LogP contribution in [0.1, 0.15) is 0 Å². The van der Waals surface area contributed by atoms with Crippen molar-refractivity contribution in [3.8, 4) is 11.5 Å². The molecule has 4 heteroatoms. The zero-order valence-electron chi connectivity index (χ0n) is 12.0. The van der Waals surface area contributed by atoms with Crippen LogP contribution in [0, 0.1) is 0 Å². The fraction of sp³-hybridized carbons (Fsp3) is 0.176. The van der Waals surface area contributed by atoms with Crippen LogP contribution >= 0.6 is 0 Å². The molecular formula is C17H18N2O2. The second kappa shape index (κ2) is 5.79. The number of hydrogen-bond acceptors (Lipinski definition) is 3. The largest absolute Gasteiger partial charge is 0.496 e. The first kappa shape index (κ1) is 13.4. The van der Waals surface area contributed by atoms with Gasteiger partial charge < -0.3 is 19.8 Å². The van der Waals surface area contributed by atoms with Gasteiger partial charge in [0, 0.05) is 11.6 Å². The van der Waals surface area contributed by atoms with Crippen molar-refractivity contribution in [2.24, 2.45) is 0 Å². The van der Waals surface area contributed by atoms with Crippen LogP contribution in [0.5, 0.6) is 11.5 Å². The summed E-state index contributed by atoms with van der Waals surface area (Å²) in [4.78, 5) is 0. The summed E-state index contributed by atoms with van der Waals surface area (Å²) in [5.74, 6) is 1.62. The Labute approximate surface area is 123 Å². The van der Waals surface area contributed by atoms with Crippen LogP contribution in [-0.4, -0.2) is 18.3 Å². The fourth-order valence-corrected chi connectivity index (χ4v) is 2.43. The molecule has 0 spiro atoms. The molecule has 0 radical (unpaired) electrons. The van der Waals surface area contributed by atoms with E-state index in [0.717, 1.165) is 28.9 Å². The van der Waals surface area contributed by atoms with E-state index in [2.05, 4.69) is 16.7 Å². The van der Waals surface area contributed by atoms with Crippen molar-refractivity contribution in [3.63, 3.8) is 0 Å². The van der Waals surface area contributed by atoms with Crippen LogP contribution in [0.25, 0.3) is 10.9 Å². The molecule has 0 unspecified atom stereocenters.